The summed E-state index contributed by atoms with van der Waals surface area (Å²) in [6.07, 6.45) is 3.27. The molecule has 0 unspecified atom stereocenters. The summed E-state index contributed by atoms with van der Waals surface area (Å²) >= 11 is 1.63. The van der Waals surface area contributed by atoms with E-state index in [0.717, 1.165) is 38.3 Å². The van der Waals surface area contributed by atoms with E-state index in [-0.39, 0.29) is 11.9 Å². The van der Waals surface area contributed by atoms with Crippen LogP contribution < -0.4 is 0 Å². The van der Waals surface area contributed by atoms with Crippen LogP contribution in [-0.2, 0) is 16.1 Å². The molecular formula is C18H24N4O2S. The van der Waals surface area contributed by atoms with Gasteiger partial charge in [0.05, 0.1) is 17.3 Å². The molecule has 1 aromatic rings. The number of carbonyl (C=O) groups excluding carboxylic acids is 1. The molecule has 4 aliphatic rings. The zero-order valence-electron chi connectivity index (χ0n) is 14.4. The van der Waals surface area contributed by atoms with Gasteiger partial charge >= 0.3 is 0 Å². The second-order valence-corrected chi connectivity index (χ2v) is 8.25. The third-order valence-corrected chi connectivity index (χ3v) is 6.52. The number of thiazole rings is 1. The molecule has 0 N–H and O–H groups in total. The second kappa shape index (κ2) is 7.02. The number of fused-ring (bicyclic) bond motifs is 4. The molecule has 5 heterocycles. The number of carbonyl (C=O) groups is 1. The topological polar surface area (TPSA) is 69.5 Å². The zero-order chi connectivity index (χ0) is 17.3. The Morgan fingerprint density at radius 2 is 2.20 bits per heavy atom. The predicted octanol–water partition coefficient (Wildman–Crippen LogP) is 1.89. The van der Waals surface area contributed by atoms with E-state index in [1.165, 1.54) is 6.42 Å². The standard InChI is InChI=1S/C18H24N4O2S/c19-12-18(3-5-24-6-4-18)17(23)22-8-14-1-2-16(22)10-21(7-14)9-15-11-25-13-20-15/h11,13-14,16H,1-10H2/t14-,16+/m1/s1. The molecule has 4 fully saturated rings. The monoisotopic (exact) mass is 360 g/mol. The first-order valence-electron chi connectivity index (χ1n) is 9.10. The van der Waals surface area contributed by atoms with E-state index < -0.39 is 5.41 Å². The van der Waals surface area contributed by atoms with Crippen molar-refractivity contribution < 1.29 is 9.53 Å². The zero-order valence-corrected chi connectivity index (χ0v) is 15.2. The third-order valence-electron chi connectivity index (χ3n) is 5.89. The average molecular weight is 360 g/mol. The van der Waals surface area contributed by atoms with E-state index in [1.54, 1.807) is 11.3 Å². The van der Waals surface area contributed by atoms with Gasteiger partial charge in [0.15, 0.2) is 0 Å². The SMILES string of the molecule is N#CC1(C(=O)N2C[C@@H]3CC[C@H]2CN(Cc2cscn2)C3)CCOCC1. The predicted molar refractivity (Wildman–Crippen MR) is 93.7 cm³/mol. The highest BCUT2D eigenvalue weighted by Crippen LogP contribution is 2.37. The Bertz CT molecular complexity index is 651. The van der Waals surface area contributed by atoms with Crippen LogP contribution in [-0.4, -0.2) is 59.6 Å². The molecule has 0 aromatic carbocycles. The van der Waals surface area contributed by atoms with Crippen LogP contribution in [0.1, 0.15) is 31.4 Å². The Kier molecular flexibility index (Phi) is 4.76. The Morgan fingerprint density at radius 1 is 1.36 bits per heavy atom. The van der Waals surface area contributed by atoms with Crippen molar-refractivity contribution in [2.45, 2.75) is 38.3 Å². The first-order valence-corrected chi connectivity index (χ1v) is 10.0. The van der Waals surface area contributed by atoms with Crippen molar-refractivity contribution in [3.05, 3.63) is 16.6 Å². The summed E-state index contributed by atoms with van der Waals surface area (Å²) in [6, 6.07) is 2.57. The van der Waals surface area contributed by atoms with Crippen molar-refractivity contribution in [1.29, 1.82) is 5.26 Å². The maximum Gasteiger partial charge on any atom is 0.243 e. The third kappa shape index (κ3) is 3.31. The maximum absolute atomic E-state index is 13.3. The van der Waals surface area contributed by atoms with Gasteiger partial charge in [0.1, 0.15) is 5.41 Å². The molecular weight excluding hydrogens is 336 g/mol. The Hall–Kier alpha value is -1.49. The summed E-state index contributed by atoms with van der Waals surface area (Å²) in [5, 5.41) is 11.8. The van der Waals surface area contributed by atoms with E-state index in [4.69, 9.17) is 4.74 Å². The minimum atomic E-state index is -0.873. The molecule has 1 amide bonds. The summed E-state index contributed by atoms with van der Waals surface area (Å²) in [5.74, 6) is 0.542. The van der Waals surface area contributed by atoms with Gasteiger partial charge in [-0.1, -0.05) is 0 Å². The van der Waals surface area contributed by atoms with Gasteiger partial charge in [-0.3, -0.25) is 9.69 Å². The van der Waals surface area contributed by atoms with Gasteiger partial charge in [-0.25, -0.2) is 4.98 Å². The van der Waals surface area contributed by atoms with Crippen LogP contribution in [0.4, 0.5) is 0 Å². The summed E-state index contributed by atoms with van der Waals surface area (Å²) in [5.41, 5.74) is 2.11. The molecule has 134 valence electrons. The Labute approximate surface area is 152 Å². The number of hydrogen-bond donors (Lipinski definition) is 0. The summed E-state index contributed by atoms with van der Waals surface area (Å²) in [7, 11) is 0. The number of nitriles is 1. The highest BCUT2D eigenvalue weighted by Gasteiger charge is 2.47. The minimum Gasteiger partial charge on any atom is -0.381 e. The van der Waals surface area contributed by atoms with Gasteiger partial charge < -0.3 is 9.64 Å². The number of aromatic nitrogens is 1. The number of piperidine rings is 1. The van der Waals surface area contributed by atoms with Crippen molar-refractivity contribution in [2.75, 3.05) is 32.8 Å². The number of ether oxygens (including phenoxy) is 1. The lowest BCUT2D eigenvalue weighted by Crippen LogP contribution is -2.54. The molecule has 5 rings (SSSR count). The highest BCUT2D eigenvalue weighted by atomic mass is 32.1. The molecule has 7 heteroatoms. The molecule has 4 saturated heterocycles. The first kappa shape index (κ1) is 17.0. The normalized spacial score (nSPS) is 29.2. The maximum atomic E-state index is 13.3. The lowest BCUT2D eigenvalue weighted by molar-refractivity contribution is -0.147. The first-order chi connectivity index (χ1) is 12.2. The van der Waals surface area contributed by atoms with Gasteiger partial charge in [-0.2, -0.15) is 5.26 Å². The van der Waals surface area contributed by atoms with E-state index in [2.05, 4.69) is 21.3 Å². The van der Waals surface area contributed by atoms with Crippen LogP contribution in [0.5, 0.6) is 0 Å². The van der Waals surface area contributed by atoms with Gasteiger partial charge in [-0.05, 0) is 31.6 Å². The fraction of sp³-hybridized carbons (Fsp3) is 0.722. The van der Waals surface area contributed by atoms with Crippen molar-refractivity contribution in [2.24, 2.45) is 11.3 Å². The lowest BCUT2D eigenvalue weighted by atomic mass is 9.79. The van der Waals surface area contributed by atoms with Crippen molar-refractivity contribution >= 4 is 17.2 Å². The van der Waals surface area contributed by atoms with E-state index >= 15 is 0 Å². The number of nitrogens with zero attached hydrogens (tertiary/aromatic N) is 4. The van der Waals surface area contributed by atoms with Crippen molar-refractivity contribution in [3.63, 3.8) is 0 Å². The molecule has 2 atom stereocenters. The van der Waals surface area contributed by atoms with Crippen LogP contribution in [0.25, 0.3) is 0 Å². The van der Waals surface area contributed by atoms with E-state index in [1.807, 2.05) is 10.4 Å². The summed E-state index contributed by atoms with van der Waals surface area (Å²) in [6.45, 7) is 4.57. The quantitative estimate of drug-likeness (QED) is 0.823. The van der Waals surface area contributed by atoms with E-state index in [0.29, 0.717) is 32.0 Å². The fourth-order valence-corrected chi connectivity index (χ4v) is 5.02. The molecule has 0 saturated carbocycles. The largest absolute Gasteiger partial charge is 0.381 e. The van der Waals surface area contributed by atoms with Crippen molar-refractivity contribution in [3.8, 4) is 6.07 Å². The van der Waals surface area contributed by atoms with Crippen LogP contribution in [0, 0.1) is 22.7 Å². The average Bonchev–Trinajstić information content (AvgIpc) is 3.00. The molecule has 4 aliphatic heterocycles. The second-order valence-electron chi connectivity index (χ2n) is 7.53. The van der Waals surface area contributed by atoms with Crippen LogP contribution in [0.2, 0.25) is 0 Å². The van der Waals surface area contributed by atoms with Crippen LogP contribution in [0.15, 0.2) is 10.9 Å². The van der Waals surface area contributed by atoms with Gasteiger partial charge in [0, 0.05) is 50.8 Å². The highest BCUT2D eigenvalue weighted by molar-refractivity contribution is 7.07. The minimum absolute atomic E-state index is 0.0449. The van der Waals surface area contributed by atoms with Crippen LogP contribution >= 0.6 is 11.3 Å². The molecule has 2 bridgehead atoms. The van der Waals surface area contributed by atoms with Gasteiger partial charge in [0.2, 0.25) is 5.91 Å². The van der Waals surface area contributed by atoms with Crippen molar-refractivity contribution in [1.82, 2.24) is 14.8 Å². The smallest absolute Gasteiger partial charge is 0.243 e. The number of amides is 1. The van der Waals surface area contributed by atoms with Gasteiger partial charge in [0.25, 0.3) is 0 Å². The van der Waals surface area contributed by atoms with E-state index in [9.17, 15) is 10.1 Å². The molecule has 0 radical (unpaired) electrons. The van der Waals surface area contributed by atoms with Crippen LogP contribution in [0.3, 0.4) is 0 Å². The lowest BCUT2D eigenvalue weighted by Gasteiger charge is -2.41. The molecule has 25 heavy (non-hydrogen) atoms. The summed E-state index contributed by atoms with van der Waals surface area (Å²) in [4.78, 5) is 22.2. The molecule has 0 spiro atoms. The van der Waals surface area contributed by atoms with Gasteiger partial charge in [-0.15, -0.1) is 11.3 Å². The molecule has 1 aromatic heterocycles. The number of rotatable bonds is 3. The molecule has 0 aliphatic carbocycles. The number of hydrogen-bond acceptors (Lipinski definition) is 6. The molecule has 6 nitrogen and oxygen atoms in total. The Morgan fingerprint density at radius 3 is 2.92 bits per heavy atom. The fourth-order valence-electron chi connectivity index (χ4n) is 4.47. The Balaban J connectivity index is 1.50. The summed E-state index contributed by atoms with van der Waals surface area (Å²) < 4.78 is 5.39.